The first-order chi connectivity index (χ1) is 8.77. The quantitative estimate of drug-likeness (QED) is 0.370. The van der Waals surface area contributed by atoms with E-state index in [9.17, 15) is 0 Å². The molecular weight excluding hydrogens is 224 g/mol. The minimum atomic E-state index is -0.224. The van der Waals surface area contributed by atoms with Crippen LogP contribution in [0.4, 0.5) is 0 Å². The van der Waals surface area contributed by atoms with Gasteiger partial charge in [0.25, 0.3) is 0 Å². The molecule has 0 fully saturated rings. The number of unbranched alkanes of at least 4 members (excludes halogenated alkanes) is 9. The molecule has 0 spiro atoms. The van der Waals surface area contributed by atoms with Gasteiger partial charge in [0.1, 0.15) is 0 Å². The van der Waals surface area contributed by atoms with Crippen molar-refractivity contribution in [2.45, 2.75) is 83.7 Å². The average molecular weight is 258 g/mol. The number of hydrogen-bond acceptors (Lipinski definition) is 3. The molecule has 0 aliphatic carbocycles. The van der Waals surface area contributed by atoms with Crippen molar-refractivity contribution in [3.8, 4) is 0 Å². The molecule has 0 atom stereocenters. The Labute approximate surface area is 114 Å². The van der Waals surface area contributed by atoms with Crippen molar-refractivity contribution < 1.29 is 4.74 Å². The zero-order valence-electron chi connectivity index (χ0n) is 12.3. The van der Waals surface area contributed by atoms with E-state index in [0.29, 0.717) is 6.61 Å². The third-order valence-electron chi connectivity index (χ3n) is 3.24. The van der Waals surface area contributed by atoms with Crippen molar-refractivity contribution in [1.82, 2.24) is 0 Å². The molecule has 0 aromatic heterocycles. The van der Waals surface area contributed by atoms with Gasteiger partial charge in [0.05, 0.1) is 6.17 Å². The van der Waals surface area contributed by atoms with Crippen molar-refractivity contribution in [2.24, 2.45) is 11.5 Å². The highest BCUT2D eigenvalue weighted by molar-refractivity contribution is 4.50. The summed E-state index contributed by atoms with van der Waals surface area (Å²) in [6, 6.07) is 0. The van der Waals surface area contributed by atoms with Gasteiger partial charge in [-0.2, -0.15) is 0 Å². The Morgan fingerprint density at radius 1 is 0.722 bits per heavy atom. The molecule has 4 N–H and O–H groups in total. The van der Waals surface area contributed by atoms with Gasteiger partial charge in [0.2, 0.25) is 0 Å². The van der Waals surface area contributed by atoms with Crippen LogP contribution in [0.5, 0.6) is 0 Å². The molecule has 0 saturated carbocycles. The van der Waals surface area contributed by atoms with E-state index in [1.54, 1.807) is 0 Å². The van der Waals surface area contributed by atoms with Crippen LogP contribution in [-0.4, -0.2) is 19.4 Å². The number of rotatable bonds is 14. The lowest BCUT2D eigenvalue weighted by atomic mass is 10.1. The first-order valence-corrected chi connectivity index (χ1v) is 7.86. The zero-order valence-corrected chi connectivity index (χ0v) is 12.3. The number of hydrogen-bond donors (Lipinski definition) is 2. The Bertz CT molecular complexity index is 151. The second-order valence-corrected chi connectivity index (χ2v) is 5.25. The highest BCUT2D eigenvalue weighted by Gasteiger charge is 1.95. The molecule has 3 heteroatoms. The van der Waals surface area contributed by atoms with E-state index < -0.39 is 0 Å². The number of nitrogens with two attached hydrogens (primary N) is 2. The molecule has 0 bridgehead atoms. The molecular formula is C15H34N2O. The summed E-state index contributed by atoms with van der Waals surface area (Å²) in [4.78, 5) is 0. The van der Waals surface area contributed by atoms with Gasteiger partial charge in [0.15, 0.2) is 0 Å². The van der Waals surface area contributed by atoms with Crippen LogP contribution in [0.2, 0.25) is 0 Å². The lowest BCUT2D eigenvalue weighted by Gasteiger charge is -2.06. The van der Waals surface area contributed by atoms with Crippen molar-refractivity contribution in [3.63, 3.8) is 0 Å². The maximum Gasteiger partial charge on any atom is 0.0543 e. The van der Waals surface area contributed by atoms with E-state index in [1.165, 1.54) is 64.2 Å². The summed E-state index contributed by atoms with van der Waals surface area (Å²) in [5.41, 5.74) is 10.9. The van der Waals surface area contributed by atoms with Crippen LogP contribution in [0.25, 0.3) is 0 Å². The van der Waals surface area contributed by atoms with Crippen LogP contribution in [0, 0.1) is 0 Å². The normalized spacial score (nSPS) is 11.3. The molecule has 0 aromatic rings. The third-order valence-corrected chi connectivity index (χ3v) is 3.24. The maximum atomic E-state index is 5.46. The summed E-state index contributed by atoms with van der Waals surface area (Å²) in [5.74, 6) is 0. The molecule has 0 heterocycles. The van der Waals surface area contributed by atoms with Crippen LogP contribution in [0.3, 0.4) is 0 Å². The van der Waals surface area contributed by atoms with Crippen LogP contribution in [0.15, 0.2) is 0 Å². The smallest absolute Gasteiger partial charge is 0.0543 e. The predicted molar refractivity (Wildman–Crippen MR) is 79.4 cm³/mol. The summed E-state index contributed by atoms with van der Waals surface area (Å²) in [7, 11) is 0. The van der Waals surface area contributed by atoms with E-state index in [0.717, 1.165) is 13.0 Å². The predicted octanol–water partition coefficient (Wildman–Crippen LogP) is 3.56. The van der Waals surface area contributed by atoms with Crippen molar-refractivity contribution in [2.75, 3.05) is 13.2 Å². The van der Waals surface area contributed by atoms with Crippen molar-refractivity contribution >= 4 is 0 Å². The van der Waals surface area contributed by atoms with Gasteiger partial charge >= 0.3 is 0 Å². The minimum Gasteiger partial charge on any atom is -0.381 e. The maximum absolute atomic E-state index is 5.46. The highest BCUT2D eigenvalue weighted by Crippen LogP contribution is 2.10. The summed E-state index contributed by atoms with van der Waals surface area (Å²) in [6.07, 6.45) is 14.2. The SMILES string of the molecule is CCCCCCCCCCCCOCCC(N)N. The molecule has 0 aliphatic rings. The zero-order chi connectivity index (χ0) is 13.5. The van der Waals surface area contributed by atoms with Gasteiger partial charge in [-0.15, -0.1) is 0 Å². The van der Waals surface area contributed by atoms with Gasteiger partial charge in [0, 0.05) is 13.2 Å². The van der Waals surface area contributed by atoms with Crippen LogP contribution < -0.4 is 11.5 Å². The largest absolute Gasteiger partial charge is 0.381 e. The first kappa shape index (κ1) is 17.9. The van der Waals surface area contributed by atoms with E-state index in [-0.39, 0.29) is 6.17 Å². The topological polar surface area (TPSA) is 61.3 Å². The fourth-order valence-electron chi connectivity index (χ4n) is 2.01. The highest BCUT2D eigenvalue weighted by atomic mass is 16.5. The minimum absolute atomic E-state index is 0.224. The Balaban J connectivity index is 2.90. The second-order valence-electron chi connectivity index (χ2n) is 5.25. The first-order valence-electron chi connectivity index (χ1n) is 7.86. The molecule has 0 aliphatic heterocycles. The molecule has 18 heavy (non-hydrogen) atoms. The lowest BCUT2D eigenvalue weighted by Crippen LogP contribution is -2.31. The Kier molecular flexibility index (Phi) is 14.8. The summed E-state index contributed by atoms with van der Waals surface area (Å²) >= 11 is 0. The molecule has 0 saturated heterocycles. The Morgan fingerprint density at radius 2 is 1.22 bits per heavy atom. The second kappa shape index (κ2) is 14.9. The molecule has 0 amide bonds. The fraction of sp³-hybridized carbons (Fsp3) is 1.00. The molecule has 0 unspecified atom stereocenters. The van der Waals surface area contributed by atoms with Crippen molar-refractivity contribution in [3.05, 3.63) is 0 Å². The van der Waals surface area contributed by atoms with E-state index in [4.69, 9.17) is 16.2 Å². The number of ether oxygens (including phenoxy) is 1. The Morgan fingerprint density at radius 3 is 1.72 bits per heavy atom. The third kappa shape index (κ3) is 15.9. The van der Waals surface area contributed by atoms with Gasteiger partial charge < -0.3 is 16.2 Å². The molecule has 0 radical (unpaired) electrons. The fourth-order valence-corrected chi connectivity index (χ4v) is 2.01. The van der Waals surface area contributed by atoms with Crippen LogP contribution in [0.1, 0.15) is 77.6 Å². The Hall–Kier alpha value is -0.120. The van der Waals surface area contributed by atoms with Gasteiger partial charge in [-0.1, -0.05) is 64.7 Å². The molecule has 0 rings (SSSR count). The van der Waals surface area contributed by atoms with Gasteiger partial charge in [-0.25, -0.2) is 0 Å². The average Bonchev–Trinajstić information content (AvgIpc) is 2.34. The lowest BCUT2D eigenvalue weighted by molar-refractivity contribution is 0.123. The van der Waals surface area contributed by atoms with Crippen LogP contribution in [-0.2, 0) is 4.74 Å². The van der Waals surface area contributed by atoms with Gasteiger partial charge in [-0.3, -0.25) is 0 Å². The van der Waals surface area contributed by atoms with E-state index in [2.05, 4.69) is 6.92 Å². The van der Waals surface area contributed by atoms with Gasteiger partial charge in [-0.05, 0) is 12.8 Å². The standard InChI is InChI=1S/C15H34N2O/c1-2-3-4-5-6-7-8-9-10-11-13-18-14-12-15(16)17/h15H,2-14,16-17H2,1H3. The van der Waals surface area contributed by atoms with Crippen LogP contribution >= 0.6 is 0 Å². The molecule has 3 nitrogen and oxygen atoms in total. The summed E-state index contributed by atoms with van der Waals surface area (Å²) < 4.78 is 5.46. The van der Waals surface area contributed by atoms with E-state index in [1.807, 2.05) is 0 Å². The molecule has 0 aromatic carbocycles. The monoisotopic (exact) mass is 258 g/mol. The summed E-state index contributed by atoms with van der Waals surface area (Å²) in [6.45, 7) is 3.83. The summed E-state index contributed by atoms with van der Waals surface area (Å²) in [5, 5.41) is 0. The van der Waals surface area contributed by atoms with E-state index >= 15 is 0 Å². The van der Waals surface area contributed by atoms with Crippen molar-refractivity contribution in [1.29, 1.82) is 0 Å². The molecule has 110 valence electrons.